The summed E-state index contributed by atoms with van der Waals surface area (Å²) in [6.07, 6.45) is 4.42. The molecule has 1 aliphatic rings. The second kappa shape index (κ2) is 4.11. The van der Waals surface area contributed by atoms with E-state index in [0.29, 0.717) is 18.8 Å². The number of hydrogen-bond donors (Lipinski definition) is 0. The SMILES string of the molecule is CC#CCC1=CC[C@@H](C)CC1=O. The summed E-state index contributed by atoms with van der Waals surface area (Å²) in [4.78, 5) is 11.4. The summed E-state index contributed by atoms with van der Waals surface area (Å²) >= 11 is 0. The molecular formula is C11H14O. The summed E-state index contributed by atoms with van der Waals surface area (Å²) in [5, 5.41) is 0. The topological polar surface area (TPSA) is 17.1 Å². The molecule has 0 aliphatic heterocycles. The van der Waals surface area contributed by atoms with Crippen molar-refractivity contribution in [2.75, 3.05) is 0 Å². The van der Waals surface area contributed by atoms with Crippen molar-refractivity contribution in [2.45, 2.75) is 33.1 Å². The standard InChI is InChI=1S/C11H14O/c1-3-4-5-10-7-6-9(2)8-11(10)12/h7,9H,5-6,8H2,1-2H3/t9-/m1/s1. The van der Waals surface area contributed by atoms with Gasteiger partial charge in [-0.25, -0.2) is 0 Å². The van der Waals surface area contributed by atoms with Crippen LogP contribution in [0.4, 0.5) is 0 Å². The van der Waals surface area contributed by atoms with E-state index in [-0.39, 0.29) is 5.78 Å². The number of carbonyl (C=O) groups excluding carboxylic acids is 1. The van der Waals surface area contributed by atoms with Crippen LogP contribution in [-0.2, 0) is 4.79 Å². The summed E-state index contributed by atoms with van der Waals surface area (Å²) in [6.45, 7) is 3.91. The molecule has 0 amide bonds. The third-order valence-corrected chi connectivity index (χ3v) is 2.11. The number of ketones is 1. The van der Waals surface area contributed by atoms with E-state index in [1.165, 1.54) is 0 Å². The molecule has 1 aliphatic carbocycles. The molecule has 0 bridgehead atoms. The van der Waals surface area contributed by atoms with Gasteiger partial charge in [-0.3, -0.25) is 4.79 Å². The lowest BCUT2D eigenvalue weighted by Crippen LogP contribution is -2.12. The highest BCUT2D eigenvalue weighted by Crippen LogP contribution is 2.21. The lowest BCUT2D eigenvalue weighted by atomic mass is 9.89. The Morgan fingerprint density at radius 1 is 1.67 bits per heavy atom. The molecule has 1 nitrogen and oxygen atoms in total. The third kappa shape index (κ3) is 2.23. The molecule has 0 N–H and O–H groups in total. The first kappa shape index (κ1) is 9.06. The van der Waals surface area contributed by atoms with Gasteiger partial charge in [-0.2, -0.15) is 0 Å². The third-order valence-electron chi connectivity index (χ3n) is 2.11. The van der Waals surface area contributed by atoms with Crippen LogP contribution in [-0.4, -0.2) is 5.78 Å². The molecule has 1 heteroatoms. The van der Waals surface area contributed by atoms with Crippen molar-refractivity contribution in [2.24, 2.45) is 5.92 Å². The van der Waals surface area contributed by atoms with Gasteiger partial charge in [0.15, 0.2) is 5.78 Å². The van der Waals surface area contributed by atoms with E-state index in [2.05, 4.69) is 18.8 Å². The first-order valence-electron chi connectivity index (χ1n) is 4.36. The summed E-state index contributed by atoms with van der Waals surface area (Å²) < 4.78 is 0. The molecule has 12 heavy (non-hydrogen) atoms. The quantitative estimate of drug-likeness (QED) is 0.541. The molecule has 64 valence electrons. The highest BCUT2D eigenvalue weighted by molar-refractivity contribution is 5.96. The van der Waals surface area contributed by atoms with Crippen LogP contribution in [0.2, 0.25) is 0 Å². The van der Waals surface area contributed by atoms with Gasteiger partial charge in [-0.1, -0.05) is 18.9 Å². The van der Waals surface area contributed by atoms with Crippen LogP contribution in [0, 0.1) is 17.8 Å². The van der Waals surface area contributed by atoms with E-state index < -0.39 is 0 Å². The van der Waals surface area contributed by atoms with Gasteiger partial charge in [0.1, 0.15) is 0 Å². The molecule has 0 saturated heterocycles. The lowest BCUT2D eigenvalue weighted by molar-refractivity contribution is -0.116. The first-order valence-corrected chi connectivity index (χ1v) is 4.36. The van der Waals surface area contributed by atoms with Gasteiger partial charge < -0.3 is 0 Å². The molecule has 0 fully saturated rings. The van der Waals surface area contributed by atoms with Gasteiger partial charge in [-0.05, 0) is 19.3 Å². The van der Waals surface area contributed by atoms with Crippen molar-refractivity contribution in [3.8, 4) is 11.8 Å². The summed E-state index contributed by atoms with van der Waals surface area (Å²) in [7, 11) is 0. The van der Waals surface area contributed by atoms with Crippen LogP contribution in [0.5, 0.6) is 0 Å². The van der Waals surface area contributed by atoms with Gasteiger partial charge in [0.25, 0.3) is 0 Å². The molecule has 0 unspecified atom stereocenters. The molecule has 0 aromatic carbocycles. The van der Waals surface area contributed by atoms with Crippen molar-refractivity contribution in [1.82, 2.24) is 0 Å². The van der Waals surface area contributed by atoms with Crippen LogP contribution in [0.25, 0.3) is 0 Å². The summed E-state index contributed by atoms with van der Waals surface area (Å²) in [6, 6.07) is 0. The molecule has 0 radical (unpaired) electrons. The smallest absolute Gasteiger partial charge is 0.159 e. The molecule has 0 heterocycles. The van der Waals surface area contributed by atoms with E-state index in [9.17, 15) is 4.79 Å². The first-order chi connectivity index (χ1) is 5.74. The van der Waals surface area contributed by atoms with Crippen molar-refractivity contribution in [1.29, 1.82) is 0 Å². The van der Waals surface area contributed by atoms with Gasteiger partial charge in [0.2, 0.25) is 0 Å². The fourth-order valence-corrected chi connectivity index (χ4v) is 1.34. The maximum atomic E-state index is 11.4. The molecular weight excluding hydrogens is 148 g/mol. The predicted octanol–water partition coefficient (Wildman–Crippen LogP) is 2.33. The monoisotopic (exact) mass is 162 g/mol. The largest absolute Gasteiger partial charge is 0.295 e. The van der Waals surface area contributed by atoms with Crippen molar-refractivity contribution < 1.29 is 4.79 Å². The second-order valence-electron chi connectivity index (χ2n) is 3.30. The molecule has 0 saturated carbocycles. The molecule has 1 rings (SSSR count). The van der Waals surface area contributed by atoms with E-state index in [4.69, 9.17) is 0 Å². The van der Waals surface area contributed by atoms with Gasteiger partial charge in [0, 0.05) is 18.4 Å². The summed E-state index contributed by atoms with van der Waals surface area (Å²) in [5.41, 5.74) is 0.919. The van der Waals surface area contributed by atoms with Crippen LogP contribution in [0.3, 0.4) is 0 Å². The minimum atomic E-state index is 0.288. The lowest BCUT2D eigenvalue weighted by Gasteiger charge is -2.15. The van der Waals surface area contributed by atoms with Crippen molar-refractivity contribution in [3.05, 3.63) is 11.6 Å². The average molecular weight is 162 g/mol. The molecule has 0 aromatic rings. The normalized spacial score (nSPS) is 22.7. The van der Waals surface area contributed by atoms with Crippen molar-refractivity contribution >= 4 is 5.78 Å². The maximum Gasteiger partial charge on any atom is 0.159 e. The maximum absolute atomic E-state index is 11.4. The Morgan fingerprint density at radius 3 is 3.00 bits per heavy atom. The number of carbonyl (C=O) groups is 1. The van der Waals surface area contributed by atoms with E-state index >= 15 is 0 Å². The minimum Gasteiger partial charge on any atom is -0.295 e. The Balaban J connectivity index is 2.62. The van der Waals surface area contributed by atoms with Gasteiger partial charge in [-0.15, -0.1) is 5.92 Å². The highest BCUT2D eigenvalue weighted by Gasteiger charge is 2.17. The number of Topliss-reactive ketones (excluding diaryl/α,β-unsaturated/α-hetero) is 1. The molecule has 1 atom stereocenters. The molecule has 0 spiro atoms. The van der Waals surface area contributed by atoms with Crippen LogP contribution in [0.15, 0.2) is 11.6 Å². The molecule has 0 aromatic heterocycles. The van der Waals surface area contributed by atoms with Crippen LogP contribution < -0.4 is 0 Å². The minimum absolute atomic E-state index is 0.288. The van der Waals surface area contributed by atoms with E-state index in [0.717, 1.165) is 12.0 Å². The zero-order chi connectivity index (χ0) is 8.97. The predicted molar refractivity (Wildman–Crippen MR) is 49.6 cm³/mol. The van der Waals surface area contributed by atoms with Gasteiger partial charge >= 0.3 is 0 Å². The Hall–Kier alpha value is -1.03. The number of hydrogen-bond acceptors (Lipinski definition) is 1. The highest BCUT2D eigenvalue weighted by atomic mass is 16.1. The van der Waals surface area contributed by atoms with E-state index in [1.54, 1.807) is 6.92 Å². The number of rotatable bonds is 1. The van der Waals surface area contributed by atoms with Gasteiger partial charge in [0.05, 0.1) is 0 Å². The van der Waals surface area contributed by atoms with Crippen LogP contribution in [0.1, 0.15) is 33.1 Å². The van der Waals surface area contributed by atoms with Crippen molar-refractivity contribution in [3.63, 3.8) is 0 Å². The zero-order valence-electron chi connectivity index (χ0n) is 7.68. The summed E-state index contributed by atoms with van der Waals surface area (Å²) in [5.74, 6) is 6.54. The zero-order valence-corrected chi connectivity index (χ0v) is 7.68. The Morgan fingerprint density at radius 2 is 2.42 bits per heavy atom. The second-order valence-corrected chi connectivity index (χ2v) is 3.30. The average Bonchev–Trinajstić information content (AvgIpc) is 2.03. The fraction of sp³-hybridized carbons (Fsp3) is 0.545. The Labute approximate surface area is 73.9 Å². The Kier molecular flexibility index (Phi) is 3.10. The number of allylic oxidation sites excluding steroid dienone is 2. The van der Waals surface area contributed by atoms with E-state index in [1.807, 2.05) is 6.08 Å². The van der Waals surface area contributed by atoms with Crippen LogP contribution >= 0.6 is 0 Å². The fourth-order valence-electron chi connectivity index (χ4n) is 1.34. The Bertz CT molecular complexity index is 262.